The second-order valence-electron chi connectivity index (χ2n) is 4.06. The largest absolute Gasteiger partial charge is 0.496 e. The summed E-state index contributed by atoms with van der Waals surface area (Å²) in [6.07, 6.45) is 0. The monoisotopic (exact) mass is 284 g/mol. The van der Waals surface area contributed by atoms with Crippen LogP contribution in [0.1, 0.15) is 0 Å². The zero-order chi connectivity index (χ0) is 13.9. The highest BCUT2D eigenvalue weighted by Crippen LogP contribution is 2.29. The van der Waals surface area contributed by atoms with Gasteiger partial charge < -0.3 is 10.5 Å². The van der Waals surface area contributed by atoms with Crippen molar-refractivity contribution < 1.29 is 4.74 Å². The van der Waals surface area contributed by atoms with E-state index in [9.17, 15) is 0 Å². The van der Waals surface area contributed by atoms with Gasteiger partial charge in [-0.2, -0.15) is 9.36 Å². The summed E-state index contributed by atoms with van der Waals surface area (Å²) in [5.41, 5.74) is 8.05. The van der Waals surface area contributed by atoms with Crippen LogP contribution in [-0.4, -0.2) is 21.5 Å². The first-order valence-corrected chi connectivity index (χ1v) is 6.75. The predicted octanol–water partition coefficient (Wildman–Crippen LogP) is 2.86. The van der Waals surface area contributed by atoms with Gasteiger partial charge in [0.2, 0.25) is 0 Å². The molecule has 0 saturated heterocycles. The predicted molar refractivity (Wildman–Crippen MR) is 79.5 cm³/mol. The van der Waals surface area contributed by atoms with E-state index >= 15 is 0 Å². The number of hydrogen-bond acceptors (Lipinski definition) is 6. The molecule has 0 spiro atoms. The lowest BCUT2D eigenvalue weighted by atomic mass is 10.1. The van der Waals surface area contributed by atoms with Crippen molar-refractivity contribution in [3.63, 3.8) is 0 Å². The van der Waals surface area contributed by atoms with E-state index in [1.165, 1.54) is 0 Å². The standard InChI is InChI=1S/C14H12N4OS/c1-19-12-8-3-2-5-9(12)10-6-4-7-11(16-10)13-17-14(15)20-18-13/h2-8H,1H3,(H2,15,17,18). The van der Waals surface area contributed by atoms with Gasteiger partial charge in [-0.25, -0.2) is 4.98 Å². The van der Waals surface area contributed by atoms with Crippen LogP contribution in [0.5, 0.6) is 5.75 Å². The molecule has 100 valence electrons. The third kappa shape index (κ3) is 2.33. The van der Waals surface area contributed by atoms with Gasteiger partial charge in [-0.1, -0.05) is 18.2 Å². The lowest BCUT2D eigenvalue weighted by Gasteiger charge is -2.08. The Bertz CT molecular complexity index is 741. The van der Waals surface area contributed by atoms with Crippen LogP contribution < -0.4 is 10.5 Å². The fourth-order valence-corrected chi connectivity index (χ4v) is 2.35. The molecule has 0 amide bonds. The molecule has 0 unspecified atom stereocenters. The number of anilines is 1. The van der Waals surface area contributed by atoms with Gasteiger partial charge in [0, 0.05) is 17.1 Å². The second-order valence-corrected chi connectivity index (χ2v) is 4.85. The van der Waals surface area contributed by atoms with Crippen LogP contribution in [0.4, 0.5) is 5.13 Å². The van der Waals surface area contributed by atoms with Gasteiger partial charge in [-0.05, 0) is 24.3 Å². The highest BCUT2D eigenvalue weighted by atomic mass is 32.1. The van der Waals surface area contributed by atoms with Gasteiger partial charge in [0.05, 0.1) is 12.8 Å². The van der Waals surface area contributed by atoms with Gasteiger partial charge in [0.1, 0.15) is 11.4 Å². The SMILES string of the molecule is COc1ccccc1-c1cccc(-c2nsc(N)n2)n1. The number of methoxy groups -OCH3 is 1. The molecule has 1 aromatic carbocycles. The number of rotatable bonds is 3. The van der Waals surface area contributed by atoms with Crippen LogP contribution in [0, 0.1) is 0 Å². The lowest BCUT2D eigenvalue weighted by Crippen LogP contribution is -1.92. The molecule has 5 nitrogen and oxygen atoms in total. The summed E-state index contributed by atoms with van der Waals surface area (Å²) < 4.78 is 9.54. The molecular weight excluding hydrogens is 272 g/mol. The van der Waals surface area contributed by atoms with Crippen LogP contribution >= 0.6 is 11.5 Å². The number of hydrogen-bond donors (Lipinski definition) is 1. The fraction of sp³-hybridized carbons (Fsp3) is 0.0714. The van der Waals surface area contributed by atoms with Crippen molar-refractivity contribution in [2.75, 3.05) is 12.8 Å². The van der Waals surface area contributed by atoms with Gasteiger partial charge in [-0.3, -0.25) is 0 Å². The zero-order valence-corrected chi connectivity index (χ0v) is 11.6. The number of ether oxygens (including phenoxy) is 1. The van der Waals surface area contributed by atoms with Gasteiger partial charge >= 0.3 is 0 Å². The summed E-state index contributed by atoms with van der Waals surface area (Å²) in [7, 11) is 1.64. The van der Waals surface area contributed by atoms with Crippen LogP contribution in [0.3, 0.4) is 0 Å². The van der Waals surface area contributed by atoms with E-state index in [0.717, 1.165) is 28.5 Å². The number of pyridine rings is 1. The van der Waals surface area contributed by atoms with Crippen LogP contribution in [0.2, 0.25) is 0 Å². The number of para-hydroxylation sites is 1. The average molecular weight is 284 g/mol. The molecule has 3 rings (SSSR count). The Morgan fingerprint density at radius 3 is 2.55 bits per heavy atom. The lowest BCUT2D eigenvalue weighted by molar-refractivity contribution is 0.416. The number of nitrogens with zero attached hydrogens (tertiary/aromatic N) is 3. The Hall–Kier alpha value is -2.47. The topological polar surface area (TPSA) is 73.9 Å². The zero-order valence-electron chi connectivity index (χ0n) is 10.8. The molecular formula is C14H12N4OS. The number of nitrogen functional groups attached to an aromatic ring is 1. The van der Waals surface area contributed by atoms with E-state index in [0.29, 0.717) is 16.6 Å². The summed E-state index contributed by atoms with van der Waals surface area (Å²) >= 11 is 1.16. The quantitative estimate of drug-likeness (QED) is 0.800. The van der Waals surface area contributed by atoms with E-state index in [-0.39, 0.29) is 0 Å². The van der Waals surface area contributed by atoms with Crippen molar-refractivity contribution in [2.24, 2.45) is 0 Å². The first-order valence-electron chi connectivity index (χ1n) is 5.98. The van der Waals surface area contributed by atoms with Gasteiger partial charge in [0.25, 0.3) is 0 Å². The molecule has 0 radical (unpaired) electrons. The van der Waals surface area contributed by atoms with Crippen molar-refractivity contribution in [3.8, 4) is 28.5 Å². The highest BCUT2D eigenvalue weighted by Gasteiger charge is 2.10. The van der Waals surface area contributed by atoms with E-state index in [4.69, 9.17) is 10.5 Å². The van der Waals surface area contributed by atoms with Crippen molar-refractivity contribution in [1.29, 1.82) is 0 Å². The molecule has 3 aromatic rings. The molecule has 0 aliphatic heterocycles. The Labute approximate surface area is 120 Å². The molecule has 2 aromatic heterocycles. The Kier molecular flexibility index (Phi) is 3.30. The normalized spacial score (nSPS) is 10.4. The third-order valence-electron chi connectivity index (χ3n) is 2.80. The van der Waals surface area contributed by atoms with Crippen LogP contribution in [0.15, 0.2) is 42.5 Å². The minimum atomic E-state index is 0.435. The van der Waals surface area contributed by atoms with E-state index in [1.807, 2.05) is 42.5 Å². The fourth-order valence-electron chi connectivity index (χ4n) is 1.90. The van der Waals surface area contributed by atoms with E-state index < -0.39 is 0 Å². The van der Waals surface area contributed by atoms with Crippen molar-refractivity contribution in [1.82, 2.24) is 14.3 Å². The molecule has 0 bridgehead atoms. The molecule has 20 heavy (non-hydrogen) atoms. The molecule has 0 aliphatic rings. The van der Waals surface area contributed by atoms with E-state index in [1.54, 1.807) is 7.11 Å². The first-order chi connectivity index (χ1) is 9.78. The van der Waals surface area contributed by atoms with Crippen LogP contribution in [-0.2, 0) is 0 Å². The second kappa shape index (κ2) is 5.26. The molecule has 6 heteroatoms. The molecule has 2 heterocycles. The molecule has 0 saturated carbocycles. The summed E-state index contributed by atoms with van der Waals surface area (Å²) in [6, 6.07) is 13.5. The Morgan fingerprint density at radius 1 is 1.00 bits per heavy atom. The van der Waals surface area contributed by atoms with E-state index in [2.05, 4.69) is 14.3 Å². The summed E-state index contributed by atoms with van der Waals surface area (Å²) in [5.74, 6) is 1.33. The maximum atomic E-state index is 5.61. The number of benzene rings is 1. The maximum Gasteiger partial charge on any atom is 0.200 e. The number of nitrogens with two attached hydrogens (primary N) is 1. The highest BCUT2D eigenvalue weighted by molar-refractivity contribution is 7.09. The van der Waals surface area contributed by atoms with Gasteiger partial charge in [0.15, 0.2) is 11.0 Å². The molecule has 2 N–H and O–H groups in total. The Balaban J connectivity index is 2.07. The van der Waals surface area contributed by atoms with Gasteiger partial charge in [-0.15, -0.1) is 0 Å². The van der Waals surface area contributed by atoms with Crippen molar-refractivity contribution in [2.45, 2.75) is 0 Å². The summed E-state index contributed by atoms with van der Waals surface area (Å²) in [4.78, 5) is 8.73. The smallest absolute Gasteiger partial charge is 0.200 e. The first kappa shape index (κ1) is 12.6. The van der Waals surface area contributed by atoms with Crippen LogP contribution in [0.25, 0.3) is 22.8 Å². The molecule has 0 aliphatic carbocycles. The molecule has 0 atom stereocenters. The maximum absolute atomic E-state index is 5.61. The average Bonchev–Trinajstić information content (AvgIpc) is 2.94. The minimum absolute atomic E-state index is 0.435. The minimum Gasteiger partial charge on any atom is -0.496 e. The van der Waals surface area contributed by atoms with Crippen molar-refractivity contribution in [3.05, 3.63) is 42.5 Å². The summed E-state index contributed by atoms with van der Waals surface area (Å²) in [6.45, 7) is 0. The molecule has 0 fully saturated rings. The van der Waals surface area contributed by atoms with Crippen molar-refractivity contribution >= 4 is 16.7 Å². The summed E-state index contributed by atoms with van der Waals surface area (Å²) in [5, 5.41) is 0.435. The number of aromatic nitrogens is 3. The third-order valence-corrected chi connectivity index (χ3v) is 3.35. The Morgan fingerprint density at radius 2 is 1.80 bits per heavy atom.